The van der Waals surface area contributed by atoms with Crippen LogP contribution in [0.5, 0.6) is 11.5 Å². The van der Waals surface area contributed by atoms with Gasteiger partial charge >= 0.3 is 0 Å². The van der Waals surface area contributed by atoms with Crippen molar-refractivity contribution in [2.75, 3.05) is 53.2 Å². The van der Waals surface area contributed by atoms with Crippen molar-refractivity contribution < 1.29 is 23.4 Å². The van der Waals surface area contributed by atoms with Crippen LogP contribution in [0.1, 0.15) is 23.2 Å². The topological polar surface area (TPSA) is 77.3 Å². The molecule has 2 atom stereocenters. The minimum Gasteiger partial charge on any atom is -0.496 e. The van der Waals surface area contributed by atoms with Crippen molar-refractivity contribution >= 4 is 23.2 Å². The van der Waals surface area contributed by atoms with Gasteiger partial charge in [0.2, 0.25) is 0 Å². The predicted molar refractivity (Wildman–Crippen MR) is 127 cm³/mol. The second kappa shape index (κ2) is 11.5. The van der Waals surface area contributed by atoms with E-state index in [0.29, 0.717) is 40.9 Å². The van der Waals surface area contributed by atoms with Gasteiger partial charge in [-0.2, -0.15) is 0 Å². The molecule has 3 rings (SSSR count). The lowest BCUT2D eigenvalue weighted by Crippen LogP contribution is -2.55. The molecule has 2 aromatic rings. The minimum atomic E-state index is -0.280. The van der Waals surface area contributed by atoms with Crippen LogP contribution in [0.25, 0.3) is 0 Å². The van der Waals surface area contributed by atoms with Gasteiger partial charge < -0.3 is 29.7 Å². The molecule has 0 unspecified atom stereocenters. The first-order valence-electron chi connectivity index (χ1n) is 10.9. The molecule has 1 amide bonds. The molecule has 2 N–H and O–H groups in total. The first-order valence-corrected chi connectivity index (χ1v) is 11.3. The van der Waals surface area contributed by atoms with Crippen LogP contribution in [0.3, 0.4) is 0 Å². The number of nitrogen functional groups attached to an aromatic ring is 1. The maximum atomic E-state index is 13.2. The van der Waals surface area contributed by atoms with Crippen LogP contribution in [-0.2, 0) is 4.74 Å². The number of rotatable bonds is 9. The van der Waals surface area contributed by atoms with Gasteiger partial charge in [0.25, 0.3) is 5.91 Å². The lowest BCUT2D eigenvalue weighted by atomic mass is 9.99. The Kier molecular flexibility index (Phi) is 8.77. The quantitative estimate of drug-likeness (QED) is 0.436. The maximum Gasteiger partial charge on any atom is 0.257 e. The Morgan fingerprint density at radius 2 is 2.00 bits per heavy atom. The third kappa shape index (κ3) is 6.28. The molecule has 0 bridgehead atoms. The fourth-order valence-electron chi connectivity index (χ4n) is 4.10. The van der Waals surface area contributed by atoms with Gasteiger partial charge in [0.15, 0.2) is 0 Å². The Balaban J connectivity index is 1.55. The zero-order chi connectivity index (χ0) is 24.0. The van der Waals surface area contributed by atoms with Crippen molar-refractivity contribution in [3.63, 3.8) is 0 Å². The van der Waals surface area contributed by atoms with Crippen molar-refractivity contribution in [1.29, 1.82) is 0 Å². The van der Waals surface area contributed by atoms with Crippen LogP contribution in [-0.4, -0.2) is 75.4 Å². The molecule has 1 saturated heterocycles. The number of piperidine rings is 1. The third-order valence-corrected chi connectivity index (χ3v) is 6.31. The van der Waals surface area contributed by atoms with Crippen LogP contribution in [0.2, 0.25) is 5.02 Å². The van der Waals surface area contributed by atoms with E-state index in [1.165, 1.54) is 19.2 Å². The molecule has 9 heteroatoms. The molecule has 1 fully saturated rings. The van der Waals surface area contributed by atoms with E-state index in [0.717, 1.165) is 25.9 Å². The molecule has 0 spiro atoms. The number of ether oxygens (including phenoxy) is 3. The lowest BCUT2D eigenvalue weighted by molar-refractivity contribution is -0.0260. The zero-order valence-corrected chi connectivity index (χ0v) is 20.0. The van der Waals surface area contributed by atoms with Gasteiger partial charge in [-0.25, -0.2) is 4.39 Å². The summed E-state index contributed by atoms with van der Waals surface area (Å²) in [6.45, 7) is 2.92. The number of halogens is 2. The van der Waals surface area contributed by atoms with Gasteiger partial charge in [-0.05, 0) is 43.2 Å². The van der Waals surface area contributed by atoms with Gasteiger partial charge in [-0.15, -0.1) is 0 Å². The molecule has 2 aromatic carbocycles. The second-order valence-corrected chi connectivity index (χ2v) is 8.48. The largest absolute Gasteiger partial charge is 0.496 e. The van der Waals surface area contributed by atoms with Gasteiger partial charge in [0.1, 0.15) is 17.3 Å². The Hall–Kier alpha value is -2.55. The van der Waals surface area contributed by atoms with Crippen LogP contribution in [0.15, 0.2) is 36.4 Å². The third-order valence-electron chi connectivity index (χ3n) is 5.98. The van der Waals surface area contributed by atoms with E-state index in [-0.39, 0.29) is 23.9 Å². The highest BCUT2D eigenvalue weighted by Gasteiger charge is 2.35. The molecule has 0 saturated carbocycles. The standard InChI is InChI=1S/C24H31ClFN3O4/c1-28(24(30)18-13-19(25)20(27)14-22(18)31-2)21-9-11-29(15-23(21)32-3)10-4-12-33-17-7-5-16(26)6-8-17/h5-8,13-14,21,23H,4,9-12,15,27H2,1-3H3/t21-,23+/m1/s1. The molecule has 33 heavy (non-hydrogen) atoms. The Bertz CT molecular complexity index is 944. The molecule has 180 valence electrons. The Morgan fingerprint density at radius 3 is 2.67 bits per heavy atom. The monoisotopic (exact) mass is 479 g/mol. The normalized spacial score (nSPS) is 18.7. The predicted octanol–water partition coefficient (Wildman–Crippen LogP) is 3.70. The van der Waals surface area contributed by atoms with E-state index in [1.807, 2.05) is 0 Å². The Labute approximate surface area is 199 Å². The summed E-state index contributed by atoms with van der Waals surface area (Å²) in [4.78, 5) is 17.2. The smallest absolute Gasteiger partial charge is 0.257 e. The molecule has 1 aliphatic rings. The lowest BCUT2D eigenvalue weighted by Gasteiger charge is -2.42. The number of nitrogens with zero attached hydrogens (tertiary/aromatic N) is 2. The number of benzene rings is 2. The summed E-state index contributed by atoms with van der Waals surface area (Å²) in [5, 5.41) is 0.313. The summed E-state index contributed by atoms with van der Waals surface area (Å²) in [7, 11) is 4.93. The van der Waals surface area contributed by atoms with Gasteiger partial charge in [0, 0.05) is 39.9 Å². The number of likely N-dealkylation sites (N-methyl/N-ethyl adjacent to an activating group) is 1. The molecular weight excluding hydrogens is 449 g/mol. The fraction of sp³-hybridized carbons (Fsp3) is 0.458. The van der Waals surface area contributed by atoms with E-state index >= 15 is 0 Å². The summed E-state index contributed by atoms with van der Waals surface area (Å²) in [5.74, 6) is 0.573. The first-order chi connectivity index (χ1) is 15.8. The maximum absolute atomic E-state index is 13.2. The first kappa shape index (κ1) is 25.1. The second-order valence-electron chi connectivity index (χ2n) is 8.08. The van der Waals surface area contributed by atoms with E-state index in [9.17, 15) is 9.18 Å². The summed E-state index contributed by atoms with van der Waals surface area (Å²) < 4.78 is 29.7. The number of carbonyl (C=O) groups excluding carboxylic acids is 1. The fourth-order valence-corrected chi connectivity index (χ4v) is 4.26. The van der Waals surface area contributed by atoms with Crippen molar-refractivity contribution in [3.05, 3.63) is 52.8 Å². The molecule has 1 aliphatic heterocycles. The van der Waals surface area contributed by atoms with Crippen LogP contribution < -0.4 is 15.2 Å². The molecule has 7 nitrogen and oxygen atoms in total. The summed E-state index contributed by atoms with van der Waals surface area (Å²) in [6.07, 6.45) is 1.46. The van der Waals surface area contributed by atoms with Gasteiger partial charge in [-0.1, -0.05) is 11.6 Å². The van der Waals surface area contributed by atoms with Gasteiger partial charge in [-0.3, -0.25) is 4.79 Å². The average molecular weight is 480 g/mol. The van der Waals surface area contributed by atoms with Crippen LogP contribution in [0.4, 0.5) is 10.1 Å². The minimum absolute atomic E-state index is 0.0877. The van der Waals surface area contributed by atoms with E-state index in [4.69, 9.17) is 31.5 Å². The van der Waals surface area contributed by atoms with Crippen molar-refractivity contribution in [3.8, 4) is 11.5 Å². The molecule has 0 aliphatic carbocycles. The zero-order valence-electron chi connectivity index (χ0n) is 19.2. The summed E-state index contributed by atoms with van der Waals surface area (Å²) in [5.41, 5.74) is 6.58. The van der Waals surface area contributed by atoms with E-state index < -0.39 is 0 Å². The number of hydrogen-bond acceptors (Lipinski definition) is 6. The van der Waals surface area contributed by atoms with E-state index in [2.05, 4.69) is 4.90 Å². The SMILES string of the molecule is COc1cc(N)c(Cl)cc1C(=O)N(C)[C@@H]1CCN(CCCOc2ccc(F)cc2)C[C@@H]1OC. The van der Waals surface area contributed by atoms with Gasteiger partial charge in [0.05, 0.1) is 42.1 Å². The molecular formula is C24H31ClFN3O4. The highest BCUT2D eigenvalue weighted by Crippen LogP contribution is 2.31. The summed E-state index contributed by atoms with van der Waals surface area (Å²) >= 11 is 6.15. The summed E-state index contributed by atoms with van der Waals surface area (Å²) in [6, 6.07) is 9.04. The molecule has 0 radical (unpaired) electrons. The highest BCUT2D eigenvalue weighted by atomic mass is 35.5. The van der Waals surface area contributed by atoms with Crippen LogP contribution >= 0.6 is 11.6 Å². The van der Waals surface area contributed by atoms with Crippen molar-refractivity contribution in [2.24, 2.45) is 0 Å². The van der Waals surface area contributed by atoms with E-state index in [1.54, 1.807) is 43.3 Å². The van der Waals surface area contributed by atoms with Crippen molar-refractivity contribution in [2.45, 2.75) is 25.0 Å². The average Bonchev–Trinajstić information content (AvgIpc) is 2.83. The number of likely N-dealkylation sites (tertiary alicyclic amines) is 1. The molecule has 0 aromatic heterocycles. The number of anilines is 1. The number of carbonyl (C=O) groups is 1. The van der Waals surface area contributed by atoms with Crippen LogP contribution in [0, 0.1) is 5.82 Å². The molecule has 1 heterocycles. The number of methoxy groups -OCH3 is 2. The highest BCUT2D eigenvalue weighted by molar-refractivity contribution is 6.33. The Morgan fingerprint density at radius 1 is 1.27 bits per heavy atom. The van der Waals surface area contributed by atoms with Crippen molar-refractivity contribution in [1.82, 2.24) is 9.80 Å². The number of hydrogen-bond donors (Lipinski definition) is 1. The number of nitrogens with two attached hydrogens (primary N) is 1. The number of amides is 1.